The Bertz CT molecular complexity index is 292. The van der Waals surface area contributed by atoms with Crippen molar-refractivity contribution in [2.24, 2.45) is 0 Å². The number of carboxylic acid groups (broad SMARTS) is 1. The Morgan fingerprint density at radius 1 is 1.31 bits per heavy atom. The zero-order valence-electron chi connectivity index (χ0n) is 10.2. The molecule has 1 amide bonds. The normalized spacial score (nSPS) is 34.5. The van der Waals surface area contributed by atoms with Gasteiger partial charge in [0.1, 0.15) is 5.54 Å². The molecule has 1 aliphatic rings. The standard InChI is InChI=1S/C11H19NO4/c1-7-5-11(10(14)15,6-8(2)16-7)12(4)9(3)13/h7-8H,5-6H2,1-4H3,(H,14,15). The van der Waals surface area contributed by atoms with E-state index in [9.17, 15) is 14.7 Å². The van der Waals surface area contributed by atoms with Gasteiger partial charge in [-0.2, -0.15) is 0 Å². The van der Waals surface area contributed by atoms with Crippen LogP contribution in [-0.4, -0.2) is 46.7 Å². The van der Waals surface area contributed by atoms with E-state index >= 15 is 0 Å². The summed E-state index contributed by atoms with van der Waals surface area (Å²) in [4.78, 5) is 24.2. The highest BCUT2D eigenvalue weighted by Gasteiger charge is 2.49. The van der Waals surface area contributed by atoms with E-state index in [1.165, 1.54) is 11.8 Å². The Balaban J connectivity index is 3.05. The summed E-state index contributed by atoms with van der Waals surface area (Å²) in [6.07, 6.45) is 0.370. The molecule has 0 aromatic rings. The van der Waals surface area contributed by atoms with E-state index < -0.39 is 11.5 Å². The molecule has 0 aromatic heterocycles. The van der Waals surface area contributed by atoms with Crippen LogP contribution in [0.4, 0.5) is 0 Å². The van der Waals surface area contributed by atoms with Crippen LogP contribution in [0.25, 0.3) is 0 Å². The third-order valence-corrected chi connectivity index (χ3v) is 3.23. The van der Waals surface area contributed by atoms with Crippen molar-refractivity contribution >= 4 is 11.9 Å². The van der Waals surface area contributed by atoms with Crippen molar-refractivity contribution in [2.45, 2.75) is 51.4 Å². The van der Waals surface area contributed by atoms with Gasteiger partial charge < -0.3 is 14.7 Å². The van der Waals surface area contributed by atoms with E-state index in [1.54, 1.807) is 7.05 Å². The predicted molar refractivity (Wildman–Crippen MR) is 58.1 cm³/mol. The fourth-order valence-corrected chi connectivity index (χ4v) is 2.42. The topological polar surface area (TPSA) is 66.8 Å². The van der Waals surface area contributed by atoms with Crippen molar-refractivity contribution < 1.29 is 19.4 Å². The SMILES string of the molecule is CC(=O)N(C)C1(C(=O)O)CC(C)OC(C)C1. The van der Waals surface area contributed by atoms with Gasteiger partial charge in [0.15, 0.2) is 0 Å². The molecule has 5 nitrogen and oxygen atoms in total. The molecule has 1 saturated heterocycles. The van der Waals surface area contributed by atoms with E-state index in [0.717, 1.165) is 0 Å². The van der Waals surface area contributed by atoms with Gasteiger partial charge in [0.05, 0.1) is 12.2 Å². The van der Waals surface area contributed by atoms with Gasteiger partial charge in [-0.25, -0.2) is 4.79 Å². The summed E-state index contributed by atoms with van der Waals surface area (Å²) in [7, 11) is 1.54. The second-order valence-electron chi connectivity index (χ2n) is 4.58. The summed E-state index contributed by atoms with van der Waals surface area (Å²) in [6, 6.07) is 0. The molecule has 0 aliphatic carbocycles. The second kappa shape index (κ2) is 4.41. The largest absolute Gasteiger partial charge is 0.479 e. The number of rotatable bonds is 2. The van der Waals surface area contributed by atoms with Gasteiger partial charge >= 0.3 is 5.97 Å². The minimum Gasteiger partial charge on any atom is -0.479 e. The summed E-state index contributed by atoms with van der Waals surface area (Å²) in [5.74, 6) is -1.18. The number of nitrogens with zero attached hydrogens (tertiary/aromatic N) is 1. The monoisotopic (exact) mass is 229 g/mol. The molecule has 0 saturated carbocycles. The van der Waals surface area contributed by atoms with Gasteiger partial charge in [-0.3, -0.25) is 4.79 Å². The maximum Gasteiger partial charge on any atom is 0.329 e. The molecule has 0 radical (unpaired) electrons. The number of carboxylic acids is 1. The quantitative estimate of drug-likeness (QED) is 0.763. The summed E-state index contributed by atoms with van der Waals surface area (Å²) in [6.45, 7) is 5.05. The van der Waals surface area contributed by atoms with E-state index in [4.69, 9.17) is 4.74 Å². The lowest BCUT2D eigenvalue weighted by atomic mass is 9.82. The predicted octanol–water partition coefficient (Wildman–Crippen LogP) is 0.875. The van der Waals surface area contributed by atoms with Crippen molar-refractivity contribution in [3.05, 3.63) is 0 Å². The molecule has 1 fully saturated rings. The van der Waals surface area contributed by atoms with Crippen LogP contribution in [0.3, 0.4) is 0 Å². The highest BCUT2D eigenvalue weighted by molar-refractivity contribution is 5.86. The lowest BCUT2D eigenvalue weighted by molar-refractivity contribution is -0.172. The molecule has 2 unspecified atom stereocenters. The number of aliphatic carboxylic acids is 1. The molecule has 2 atom stereocenters. The van der Waals surface area contributed by atoms with Crippen molar-refractivity contribution in [3.8, 4) is 0 Å². The molecule has 1 heterocycles. The minimum atomic E-state index is -1.12. The Hall–Kier alpha value is -1.10. The number of ether oxygens (including phenoxy) is 1. The lowest BCUT2D eigenvalue weighted by Crippen LogP contribution is -2.60. The maximum absolute atomic E-state index is 11.5. The number of hydrogen-bond acceptors (Lipinski definition) is 3. The zero-order chi connectivity index (χ0) is 12.5. The van der Waals surface area contributed by atoms with Crippen LogP contribution in [0.1, 0.15) is 33.6 Å². The average molecular weight is 229 g/mol. The van der Waals surface area contributed by atoms with Crippen LogP contribution in [0, 0.1) is 0 Å². The first-order valence-electron chi connectivity index (χ1n) is 5.43. The van der Waals surface area contributed by atoms with Gasteiger partial charge in [0.2, 0.25) is 5.91 Å². The van der Waals surface area contributed by atoms with Crippen molar-refractivity contribution in [3.63, 3.8) is 0 Å². The first-order chi connectivity index (χ1) is 7.29. The Morgan fingerprint density at radius 3 is 2.06 bits per heavy atom. The number of carbonyl (C=O) groups is 2. The van der Waals surface area contributed by atoms with Gasteiger partial charge in [0.25, 0.3) is 0 Å². The summed E-state index contributed by atoms with van der Waals surface area (Å²) in [5.41, 5.74) is -1.12. The van der Waals surface area contributed by atoms with E-state index in [-0.39, 0.29) is 18.1 Å². The highest BCUT2D eigenvalue weighted by Crippen LogP contribution is 2.33. The Morgan fingerprint density at radius 2 is 1.75 bits per heavy atom. The Labute approximate surface area is 95.4 Å². The third-order valence-electron chi connectivity index (χ3n) is 3.23. The summed E-state index contributed by atoms with van der Waals surface area (Å²) in [5, 5.41) is 9.39. The van der Waals surface area contributed by atoms with Crippen molar-refractivity contribution in [2.75, 3.05) is 7.05 Å². The maximum atomic E-state index is 11.5. The van der Waals surface area contributed by atoms with Crippen LogP contribution < -0.4 is 0 Å². The van der Waals surface area contributed by atoms with Gasteiger partial charge in [0, 0.05) is 26.8 Å². The number of amides is 1. The molecule has 0 aromatic carbocycles. The third kappa shape index (κ3) is 2.19. The molecular formula is C11H19NO4. The molecule has 1 rings (SSSR count). The van der Waals surface area contributed by atoms with E-state index in [2.05, 4.69) is 0 Å². The van der Waals surface area contributed by atoms with Gasteiger partial charge in [-0.05, 0) is 13.8 Å². The molecule has 16 heavy (non-hydrogen) atoms. The van der Waals surface area contributed by atoms with Crippen molar-refractivity contribution in [1.29, 1.82) is 0 Å². The molecule has 0 bridgehead atoms. The van der Waals surface area contributed by atoms with Crippen molar-refractivity contribution in [1.82, 2.24) is 4.90 Å². The molecule has 92 valence electrons. The van der Waals surface area contributed by atoms with Gasteiger partial charge in [-0.1, -0.05) is 0 Å². The smallest absolute Gasteiger partial charge is 0.329 e. The molecule has 1 N–H and O–H groups in total. The Kier molecular flexibility index (Phi) is 3.57. The van der Waals surface area contributed by atoms with Crippen LogP contribution in [0.15, 0.2) is 0 Å². The minimum absolute atomic E-state index is 0.151. The fourth-order valence-electron chi connectivity index (χ4n) is 2.42. The number of carbonyl (C=O) groups excluding carboxylic acids is 1. The lowest BCUT2D eigenvalue weighted by Gasteiger charge is -2.44. The molecular weight excluding hydrogens is 210 g/mol. The summed E-state index contributed by atoms with van der Waals surface area (Å²) < 4.78 is 5.52. The molecule has 5 heteroatoms. The van der Waals surface area contributed by atoms with Crippen LogP contribution in [0.2, 0.25) is 0 Å². The molecule has 1 aliphatic heterocycles. The first-order valence-corrected chi connectivity index (χ1v) is 5.43. The van der Waals surface area contributed by atoms with Crippen LogP contribution in [-0.2, 0) is 14.3 Å². The molecule has 0 spiro atoms. The van der Waals surface area contributed by atoms with Crippen LogP contribution >= 0.6 is 0 Å². The van der Waals surface area contributed by atoms with Crippen LogP contribution in [0.5, 0.6) is 0 Å². The summed E-state index contributed by atoms with van der Waals surface area (Å²) >= 11 is 0. The van der Waals surface area contributed by atoms with E-state index in [0.29, 0.717) is 12.8 Å². The van der Waals surface area contributed by atoms with E-state index in [1.807, 2.05) is 13.8 Å². The zero-order valence-corrected chi connectivity index (χ0v) is 10.2. The second-order valence-corrected chi connectivity index (χ2v) is 4.58. The fraction of sp³-hybridized carbons (Fsp3) is 0.818. The average Bonchev–Trinajstić information content (AvgIpc) is 2.14. The first kappa shape index (κ1) is 13.0. The van der Waals surface area contributed by atoms with Gasteiger partial charge in [-0.15, -0.1) is 0 Å². The number of hydrogen-bond donors (Lipinski definition) is 1. The highest BCUT2D eigenvalue weighted by atomic mass is 16.5. The number of likely N-dealkylation sites (N-methyl/N-ethyl adjacent to an activating group) is 1.